The summed E-state index contributed by atoms with van der Waals surface area (Å²) in [5.74, 6) is 0.461. The van der Waals surface area contributed by atoms with Crippen molar-refractivity contribution in [1.82, 2.24) is 25.1 Å². The fourth-order valence-electron chi connectivity index (χ4n) is 4.24. The van der Waals surface area contributed by atoms with Crippen molar-refractivity contribution in [3.63, 3.8) is 0 Å². The van der Waals surface area contributed by atoms with Gasteiger partial charge in [0.05, 0.1) is 22.8 Å². The molecule has 0 radical (unpaired) electrons. The second kappa shape index (κ2) is 9.30. The molecule has 0 aliphatic carbocycles. The van der Waals surface area contributed by atoms with E-state index in [0.717, 1.165) is 13.1 Å². The molecule has 1 aromatic carbocycles. The Balaban J connectivity index is 1.56. The normalized spacial score (nSPS) is 15.6. The Kier molecular flexibility index (Phi) is 6.50. The van der Waals surface area contributed by atoms with E-state index in [9.17, 15) is 9.59 Å². The number of hydrogen-bond acceptors (Lipinski definition) is 6. The number of aromatic nitrogens is 2. The highest BCUT2D eigenvalue weighted by Crippen LogP contribution is 2.28. The summed E-state index contributed by atoms with van der Waals surface area (Å²) in [5.41, 5.74) is 1.72. The molecule has 0 saturated carbocycles. The molecule has 0 bridgehead atoms. The van der Waals surface area contributed by atoms with E-state index < -0.39 is 0 Å². The van der Waals surface area contributed by atoms with Crippen molar-refractivity contribution in [2.75, 3.05) is 33.7 Å². The van der Waals surface area contributed by atoms with Gasteiger partial charge in [-0.25, -0.2) is 4.98 Å². The van der Waals surface area contributed by atoms with Crippen LogP contribution in [-0.2, 0) is 6.54 Å². The van der Waals surface area contributed by atoms with Crippen molar-refractivity contribution >= 4 is 27.5 Å². The first kappa shape index (κ1) is 21.7. The number of aromatic amines is 1. The zero-order valence-electron chi connectivity index (χ0n) is 18.3. The first-order valence-electron chi connectivity index (χ1n) is 10.7. The van der Waals surface area contributed by atoms with Crippen LogP contribution in [0.3, 0.4) is 0 Å². The van der Waals surface area contributed by atoms with E-state index in [4.69, 9.17) is 0 Å². The number of likely N-dealkylation sites (tertiary alicyclic amines) is 1. The minimum absolute atomic E-state index is 0.144. The molecule has 3 aromatic rings. The van der Waals surface area contributed by atoms with E-state index in [1.54, 1.807) is 0 Å². The first-order valence-corrected chi connectivity index (χ1v) is 11.5. The number of rotatable bonds is 7. The van der Waals surface area contributed by atoms with E-state index in [-0.39, 0.29) is 17.5 Å². The van der Waals surface area contributed by atoms with Gasteiger partial charge in [0.25, 0.3) is 11.5 Å². The molecule has 1 saturated heterocycles. The molecule has 4 rings (SSSR count). The number of carbonyl (C=O) groups is 1. The number of aryl methyl sites for hydroxylation is 1. The summed E-state index contributed by atoms with van der Waals surface area (Å²) in [6, 6.07) is 10.5. The lowest BCUT2D eigenvalue weighted by molar-refractivity contribution is 0.0941. The summed E-state index contributed by atoms with van der Waals surface area (Å²) in [6.45, 7) is 4.99. The third kappa shape index (κ3) is 4.71. The maximum Gasteiger partial charge on any atom is 0.261 e. The van der Waals surface area contributed by atoms with E-state index in [2.05, 4.69) is 32.3 Å². The van der Waals surface area contributed by atoms with Crippen LogP contribution in [0.1, 0.15) is 45.5 Å². The van der Waals surface area contributed by atoms with Gasteiger partial charge < -0.3 is 15.2 Å². The van der Waals surface area contributed by atoms with Gasteiger partial charge in [-0.2, -0.15) is 0 Å². The zero-order chi connectivity index (χ0) is 22.0. The number of H-pyrrole nitrogens is 1. The maximum absolute atomic E-state index is 13.1. The summed E-state index contributed by atoms with van der Waals surface area (Å²) in [4.78, 5) is 38.7. The highest BCUT2D eigenvalue weighted by molar-refractivity contribution is 7.20. The van der Waals surface area contributed by atoms with Crippen molar-refractivity contribution in [2.45, 2.75) is 32.4 Å². The minimum atomic E-state index is -0.186. The van der Waals surface area contributed by atoms with E-state index >= 15 is 0 Å². The topological polar surface area (TPSA) is 81.3 Å². The van der Waals surface area contributed by atoms with Crippen LogP contribution >= 0.6 is 11.3 Å². The van der Waals surface area contributed by atoms with Crippen molar-refractivity contribution in [3.8, 4) is 0 Å². The monoisotopic (exact) mass is 439 g/mol. The average molecular weight is 440 g/mol. The van der Waals surface area contributed by atoms with Gasteiger partial charge >= 0.3 is 0 Å². The largest absolute Gasteiger partial charge is 0.349 e. The van der Waals surface area contributed by atoms with Gasteiger partial charge in [0, 0.05) is 6.54 Å². The summed E-state index contributed by atoms with van der Waals surface area (Å²) in [6.07, 6.45) is 2.38. The standard InChI is InChI=1S/C23H29N5O2S/c1-15-19-21(29)25-18(14-27(2)3)26-23(19)31-20(15)22(30)24-13-17(28-11-7-8-12-28)16-9-5-4-6-10-16/h4-6,9-10,17H,7-8,11-14H2,1-3H3,(H,24,30)(H,25,26,29). The number of amides is 1. The predicted octanol–water partition coefficient (Wildman–Crippen LogP) is 2.92. The molecule has 0 spiro atoms. The maximum atomic E-state index is 13.1. The highest BCUT2D eigenvalue weighted by Gasteiger charge is 2.25. The van der Waals surface area contributed by atoms with Gasteiger partial charge in [0.15, 0.2) is 0 Å². The Labute approximate surface area is 186 Å². The fraction of sp³-hybridized carbons (Fsp3) is 0.435. The molecule has 8 heteroatoms. The summed E-state index contributed by atoms with van der Waals surface area (Å²) in [5, 5.41) is 3.64. The molecule has 1 aliphatic heterocycles. The molecule has 1 atom stereocenters. The third-order valence-electron chi connectivity index (χ3n) is 5.74. The number of nitrogens with one attached hydrogen (secondary N) is 2. The quantitative estimate of drug-likeness (QED) is 0.592. The molecule has 1 unspecified atom stereocenters. The van der Waals surface area contributed by atoms with Crippen molar-refractivity contribution in [2.24, 2.45) is 0 Å². The summed E-state index contributed by atoms with van der Waals surface area (Å²) >= 11 is 1.29. The van der Waals surface area contributed by atoms with Gasteiger partial charge in [-0.05, 0) is 58.1 Å². The summed E-state index contributed by atoms with van der Waals surface area (Å²) < 4.78 is 0. The summed E-state index contributed by atoms with van der Waals surface area (Å²) in [7, 11) is 3.85. The predicted molar refractivity (Wildman–Crippen MR) is 125 cm³/mol. The first-order chi connectivity index (χ1) is 14.9. The van der Waals surface area contributed by atoms with E-state index in [1.165, 1.54) is 29.7 Å². The van der Waals surface area contributed by atoms with Crippen molar-refractivity contribution < 1.29 is 4.79 Å². The molecule has 31 heavy (non-hydrogen) atoms. The third-order valence-corrected chi connectivity index (χ3v) is 6.93. The van der Waals surface area contributed by atoms with Crippen molar-refractivity contribution in [1.29, 1.82) is 0 Å². The lowest BCUT2D eigenvalue weighted by Crippen LogP contribution is -2.36. The Bertz CT molecular complexity index is 1120. The SMILES string of the molecule is Cc1c(C(=O)NCC(c2ccccc2)N2CCCC2)sc2nc(CN(C)C)[nH]c(=O)c12. The van der Waals surface area contributed by atoms with Crippen LogP contribution in [-0.4, -0.2) is 59.4 Å². The van der Waals surface area contributed by atoms with Crippen LogP contribution in [0.25, 0.3) is 10.2 Å². The van der Waals surface area contributed by atoms with Gasteiger partial charge in [-0.3, -0.25) is 14.5 Å². The molecule has 1 fully saturated rings. The zero-order valence-corrected chi connectivity index (χ0v) is 19.1. The van der Waals surface area contributed by atoms with Crippen LogP contribution in [0.2, 0.25) is 0 Å². The molecule has 3 heterocycles. The number of nitrogens with zero attached hydrogens (tertiary/aromatic N) is 3. The number of benzene rings is 1. The molecular formula is C23H29N5O2S. The average Bonchev–Trinajstić information content (AvgIpc) is 3.37. The van der Waals surface area contributed by atoms with E-state index in [0.29, 0.717) is 39.6 Å². The number of hydrogen-bond donors (Lipinski definition) is 2. The molecule has 7 nitrogen and oxygen atoms in total. The van der Waals surface area contributed by atoms with Crippen molar-refractivity contribution in [3.05, 3.63) is 62.5 Å². The Morgan fingerprint density at radius 3 is 2.65 bits per heavy atom. The highest BCUT2D eigenvalue weighted by atomic mass is 32.1. The van der Waals surface area contributed by atoms with Gasteiger partial charge in [-0.15, -0.1) is 11.3 Å². The molecule has 2 N–H and O–H groups in total. The number of thiophene rings is 1. The Hall–Kier alpha value is -2.55. The van der Waals surface area contributed by atoms with Crippen LogP contribution in [0, 0.1) is 6.92 Å². The number of fused-ring (bicyclic) bond motifs is 1. The minimum Gasteiger partial charge on any atom is -0.349 e. The van der Waals surface area contributed by atoms with Gasteiger partial charge in [0.1, 0.15) is 10.7 Å². The molecule has 2 aromatic heterocycles. The molecule has 1 amide bonds. The Morgan fingerprint density at radius 2 is 1.97 bits per heavy atom. The second-order valence-corrected chi connectivity index (χ2v) is 9.37. The van der Waals surface area contributed by atoms with Crippen LogP contribution < -0.4 is 10.9 Å². The second-order valence-electron chi connectivity index (χ2n) is 8.37. The van der Waals surface area contributed by atoms with Gasteiger partial charge in [0.2, 0.25) is 0 Å². The fourth-order valence-corrected chi connectivity index (χ4v) is 5.35. The lowest BCUT2D eigenvalue weighted by atomic mass is 10.1. The molecular weight excluding hydrogens is 410 g/mol. The van der Waals surface area contributed by atoms with Crippen LogP contribution in [0.15, 0.2) is 35.1 Å². The smallest absolute Gasteiger partial charge is 0.261 e. The van der Waals surface area contributed by atoms with Crippen LogP contribution in [0.4, 0.5) is 0 Å². The van der Waals surface area contributed by atoms with Crippen LogP contribution in [0.5, 0.6) is 0 Å². The van der Waals surface area contributed by atoms with E-state index in [1.807, 2.05) is 44.1 Å². The number of carbonyl (C=O) groups excluding carboxylic acids is 1. The molecule has 164 valence electrons. The lowest BCUT2D eigenvalue weighted by Gasteiger charge is -2.28. The van der Waals surface area contributed by atoms with Gasteiger partial charge in [-0.1, -0.05) is 30.3 Å². The Morgan fingerprint density at radius 1 is 1.26 bits per heavy atom. The molecule has 1 aliphatic rings.